The molecule has 4 nitrogen and oxygen atoms in total. The molecule has 2 aromatic rings. The van der Waals surface area contributed by atoms with Crippen molar-refractivity contribution in [1.82, 2.24) is 4.90 Å². The number of rotatable bonds is 6. The fraction of sp³-hybridized carbons (Fsp3) is 0.435. The Hall–Kier alpha value is -2.04. The number of hydrogen-bond acceptors (Lipinski definition) is 3. The minimum absolute atomic E-state index is 0.0887. The summed E-state index contributed by atoms with van der Waals surface area (Å²) < 4.78 is 5.91. The lowest BCUT2D eigenvalue weighted by Gasteiger charge is -2.32. The molecule has 1 N–H and O–H groups in total. The molecule has 0 bridgehead atoms. The molecule has 0 radical (unpaired) electrons. The van der Waals surface area contributed by atoms with Gasteiger partial charge in [0.25, 0.3) is 0 Å². The van der Waals surface area contributed by atoms with Gasteiger partial charge >= 0.3 is 0 Å². The molecule has 5 heteroatoms. The van der Waals surface area contributed by atoms with Crippen molar-refractivity contribution in [1.29, 1.82) is 0 Å². The molecule has 0 unspecified atom stereocenters. The minimum atomic E-state index is 0.0887. The number of aryl methyl sites for hydroxylation is 1. The molecule has 0 aromatic heterocycles. The molecule has 1 saturated heterocycles. The largest absolute Gasteiger partial charge is 0.493 e. The Balaban J connectivity index is 1.18. The SMILES string of the molecule is O=C1CCc2ccc(OCCCN3CCC(c4cccc(Cl)c4)CC3)cc2N1. The maximum atomic E-state index is 11.5. The van der Waals surface area contributed by atoms with Crippen LogP contribution in [0.2, 0.25) is 5.02 Å². The summed E-state index contributed by atoms with van der Waals surface area (Å²) in [5.41, 5.74) is 3.46. The standard InChI is InChI=1S/C23H27ClN2O2/c24-20-4-1-3-19(15-20)17-9-12-26(13-10-17)11-2-14-28-21-7-5-18-6-8-23(27)25-22(18)16-21/h1,3-5,7,15-17H,2,6,8-14H2,(H,25,27). The summed E-state index contributed by atoms with van der Waals surface area (Å²) in [4.78, 5) is 14.1. The molecular formula is C23H27ClN2O2. The fourth-order valence-corrected chi connectivity index (χ4v) is 4.37. The van der Waals surface area contributed by atoms with Gasteiger partial charge < -0.3 is 15.0 Å². The molecule has 1 amide bonds. The van der Waals surface area contributed by atoms with Gasteiger partial charge in [-0.2, -0.15) is 0 Å². The number of carbonyl (C=O) groups is 1. The van der Waals surface area contributed by atoms with Crippen molar-refractivity contribution in [2.45, 2.75) is 38.0 Å². The van der Waals surface area contributed by atoms with E-state index in [1.54, 1.807) is 0 Å². The number of benzene rings is 2. The monoisotopic (exact) mass is 398 g/mol. The zero-order chi connectivity index (χ0) is 19.3. The van der Waals surface area contributed by atoms with Crippen LogP contribution in [0.4, 0.5) is 5.69 Å². The summed E-state index contributed by atoms with van der Waals surface area (Å²) in [6, 6.07) is 14.3. The van der Waals surface area contributed by atoms with Crippen LogP contribution < -0.4 is 10.1 Å². The second-order valence-corrected chi connectivity index (χ2v) is 8.18. The minimum Gasteiger partial charge on any atom is -0.493 e. The number of piperidine rings is 1. The van der Waals surface area contributed by atoms with E-state index < -0.39 is 0 Å². The van der Waals surface area contributed by atoms with Gasteiger partial charge in [-0.15, -0.1) is 0 Å². The Morgan fingerprint density at radius 3 is 2.79 bits per heavy atom. The van der Waals surface area contributed by atoms with Gasteiger partial charge in [-0.1, -0.05) is 29.8 Å². The molecule has 148 valence electrons. The molecular weight excluding hydrogens is 372 g/mol. The Kier molecular flexibility index (Phi) is 6.18. The van der Waals surface area contributed by atoms with Crippen LogP contribution in [-0.2, 0) is 11.2 Å². The number of anilines is 1. The summed E-state index contributed by atoms with van der Waals surface area (Å²) in [6.45, 7) is 4.01. The number of likely N-dealkylation sites (tertiary alicyclic amines) is 1. The first kappa shape index (κ1) is 19.3. The zero-order valence-electron chi connectivity index (χ0n) is 16.1. The van der Waals surface area contributed by atoms with E-state index in [1.807, 2.05) is 24.3 Å². The molecule has 2 aliphatic rings. The lowest BCUT2D eigenvalue weighted by molar-refractivity contribution is -0.116. The molecule has 0 saturated carbocycles. The third kappa shape index (κ3) is 4.86. The summed E-state index contributed by atoms with van der Waals surface area (Å²) in [7, 11) is 0. The van der Waals surface area contributed by atoms with E-state index in [-0.39, 0.29) is 5.91 Å². The van der Waals surface area contributed by atoms with E-state index in [0.717, 1.165) is 48.9 Å². The molecule has 0 atom stereocenters. The number of amides is 1. The van der Waals surface area contributed by atoms with Gasteiger partial charge in [0.05, 0.1) is 6.61 Å². The van der Waals surface area contributed by atoms with E-state index in [4.69, 9.17) is 16.3 Å². The summed E-state index contributed by atoms with van der Waals surface area (Å²) >= 11 is 6.13. The van der Waals surface area contributed by atoms with E-state index in [9.17, 15) is 4.79 Å². The normalized spacial score (nSPS) is 17.8. The molecule has 28 heavy (non-hydrogen) atoms. The fourth-order valence-electron chi connectivity index (χ4n) is 4.17. The van der Waals surface area contributed by atoms with Crippen molar-refractivity contribution in [2.75, 3.05) is 31.6 Å². The number of fused-ring (bicyclic) bond motifs is 1. The lowest BCUT2D eigenvalue weighted by Crippen LogP contribution is -2.34. The summed E-state index contributed by atoms with van der Waals surface area (Å²) in [5.74, 6) is 1.54. The maximum Gasteiger partial charge on any atom is 0.224 e. The van der Waals surface area contributed by atoms with Crippen LogP contribution in [0.1, 0.15) is 42.7 Å². The molecule has 4 rings (SSSR count). The number of halogens is 1. The number of hydrogen-bond donors (Lipinski definition) is 1. The molecule has 2 heterocycles. The van der Waals surface area contributed by atoms with Crippen molar-refractivity contribution in [3.63, 3.8) is 0 Å². The highest BCUT2D eigenvalue weighted by Crippen LogP contribution is 2.30. The van der Waals surface area contributed by atoms with E-state index >= 15 is 0 Å². The molecule has 2 aromatic carbocycles. The van der Waals surface area contributed by atoms with E-state index in [1.165, 1.54) is 24.0 Å². The Bertz CT molecular complexity index is 831. The first-order chi connectivity index (χ1) is 13.7. The summed E-state index contributed by atoms with van der Waals surface area (Å²) in [6.07, 6.45) is 4.76. The van der Waals surface area contributed by atoms with Gasteiger partial charge in [0.1, 0.15) is 5.75 Å². The molecule has 1 fully saturated rings. The van der Waals surface area contributed by atoms with Crippen LogP contribution in [0.15, 0.2) is 42.5 Å². The van der Waals surface area contributed by atoms with Gasteiger partial charge in [0.2, 0.25) is 5.91 Å². The number of carbonyl (C=O) groups excluding carboxylic acids is 1. The number of ether oxygens (including phenoxy) is 1. The second kappa shape index (κ2) is 8.97. The Labute approximate surface area is 171 Å². The lowest BCUT2D eigenvalue weighted by atomic mass is 9.89. The average Bonchev–Trinajstić information content (AvgIpc) is 2.71. The van der Waals surface area contributed by atoms with Gasteiger partial charge in [0, 0.05) is 29.7 Å². The second-order valence-electron chi connectivity index (χ2n) is 7.74. The van der Waals surface area contributed by atoms with Crippen molar-refractivity contribution in [3.05, 3.63) is 58.6 Å². The smallest absolute Gasteiger partial charge is 0.224 e. The molecule has 0 aliphatic carbocycles. The highest BCUT2D eigenvalue weighted by Gasteiger charge is 2.20. The summed E-state index contributed by atoms with van der Waals surface area (Å²) in [5, 5.41) is 3.76. The van der Waals surface area contributed by atoms with E-state index in [2.05, 4.69) is 28.4 Å². The molecule has 0 spiro atoms. The number of nitrogens with one attached hydrogen (secondary N) is 1. The average molecular weight is 399 g/mol. The zero-order valence-corrected chi connectivity index (χ0v) is 16.9. The van der Waals surface area contributed by atoms with Crippen LogP contribution in [0, 0.1) is 0 Å². The van der Waals surface area contributed by atoms with Crippen molar-refractivity contribution in [3.8, 4) is 5.75 Å². The Morgan fingerprint density at radius 1 is 1.11 bits per heavy atom. The van der Waals surface area contributed by atoms with Crippen molar-refractivity contribution >= 4 is 23.2 Å². The van der Waals surface area contributed by atoms with Gasteiger partial charge in [-0.05, 0) is 74.0 Å². The predicted molar refractivity (Wildman–Crippen MR) is 113 cm³/mol. The van der Waals surface area contributed by atoms with Crippen LogP contribution in [-0.4, -0.2) is 37.0 Å². The first-order valence-corrected chi connectivity index (χ1v) is 10.6. The molecule has 2 aliphatic heterocycles. The topological polar surface area (TPSA) is 41.6 Å². The van der Waals surface area contributed by atoms with Crippen LogP contribution in [0.25, 0.3) is 0 Å². The maximum absolute atomic E-state index is 11.5. The highest BCUT2D eigenvalue weighted by molar-refractivity contribution is 6.30. The van der Waals surface area contributed by atoms with Gasteiger partial charge in [-0.25, -0.2) is 0 Å². The van der Waals surface area contributed by atoms with Crippen LogP contribution >= 0.6 is 11.6 Å². The number of nitrogens with zero attached hydrogens (tertiary/aromatic N) is 1. The predicted octanol–water partition coefficient (Wildman–Crippen LogP) is 4.87. The van der Waals surface area contributed by atoms with Crippen molar-refractivity contribution in [2.24, 2.45) is 0 Å². The third-order valence-corrected chi connectivity index (χ3v) is 6.01. The quantitative estimate of drug-likeness (QED) is 0.705. The van der Waals surface area contributed by atoms with Crippen molar-refractivity contribution < 1.29 is 9.53 Å². The van der Waals surface area contributed by atoms with Gasteiger partial charge in [0.15, 0.2) is 0 Å². The van der Waals surface area contributed by atoms with Crippen LogP contribution in [0.3, 0.4) is 0 Å². The van der Waals surface area contributed by atoms with Gasteiger partial charge in [-0.3, -0.25) is 4.79 Å². The Morgan fingerprint density at radius 2 is 1.96 bits per heavy atom. The van der Waals surface area contributed by atoms with Crippen LogP contribution in [0.5, 0.6) is 5.75 Å². The first-order valence-electron chi connectivity index (χ1n) is 10.2. The third-order valence-electron chi connectivity index (χ3n) is 5.77. The highest BCUT2D eigenvalue weighted by atomic mass is 35.5. The van der Waals surface area contributed by atoms with E-state index in [0.29, 0.717) is 18.9 Å².